The lowest BCUT2D eigenvalue weighted by atomic mass is 10.0. The molecule has 2 aromatic carbocycles. The first-order chi connectivity index (χ1) is 10.4. The molecule has 0 spiro atoms. The van der Waals surface area contributed by atoms with Gasteiger partial charge in [-0.05, 0) is 23.8 Å². The molecule has 0 aliphatic heterocycles. The summed E-state index contributed by atoms with van der Waals surface area (Å²) in [5, 5.41) is 10.6. The number of nitrogens with zero attached hydrogens (tertiary/aromatic N) is 1. The van der Waals surface area contributed by atoms with Crippen LogP contribution in [0.15, 0.2) is 53.4 Å². The van der Waals surface area contributed by atoms with Crippen LogP contribution in [0.4, 0.5) is 0 Å². The maximum atomic E-state index is 12.4. The van der Waals surface area contributed by atoms with Crippen LogP contribution in [-0.2, 0) is 10.0 Å². The Balaban J connectivity index is 2.48. The molecule has 5 nitrogen and oxygen atoms in total. The lowest BCUT2D eigenvalue weighted by Crippen LogP contribution is -2.24. The van der Waals surface area contributed by atoms with Crippen LogP contribution in [-0.4, -0.2) is 39.0 Å². The van der Waals surface area contributed by atoms with Gasteiger partial charge in [-0.1, -0.05) is 30.3 Å². The van der Waals surface area contributed by atoms with Gasteiger partial charge in [-0.15, -0.1) is 0 Å². The molecule has 0 saturated heterocycles. The Labute approximate surface area is 130 Å². The Hall–Kier alpha value is -1.89. The fraction of sp³-hybridized carbons (Fsp3) is 0.250. The molecule has 0 aromatic heterocycles. The summed E-state index contributed by atoms with van der Waals surface area (Å²) in [4.78, 5) is 0.100. The van der Waals surface area contributed by atoms with Crippen LogP contribution in [0.5, 0.6) is 5.75 Å². The molecule has 118 valence electrons. The van der Waals surface area contributed by atoms with Gasteiger partial charge in [-0.25, -0.2) is 12.7 Å². The molecule has 2 rings (SSSR count). The van der Waals surface area contributed by atoms with E-state index in [1.807, 2.05) is 0 Å². The van der Waals surface area contributed by atoms with Crippen LogP contribution in [0.1, 0.15) is 17.2 Å². The second kappa shape index (κ2) is 6.48. The summed E-state index contributed by atoms with van der Waals surface area (Å²) in [6, 6.07) is 13.3. The number of aliphatic hydroxyl groups excluding tert-OH is 1. The highest BCUT2D eigenvalue weighted by Gasteiger charge is 2.24. The van der Waals surface area contributed by atoms with Crippen molar-refractivity contribution in [3.05, 3.63) is 59.7 Å². The summed E-state index contributed by atoms with van der Waals surface area (Å²) >= 11 is 0. The summed E-state index contributed by atoms with van der Waals surface area (Å²) < 4.78 is 31.0. The molecular formula is C16H19NO4S. The van der Waals surface area contributed by atoms with Crippen LogP contribution < -0.4 is 4.74 Å². The van der Waals surface area contributed by atoms with Crippen molar-refractivity contribution in [2.45, 2.75) is 11.0 Å². The fourth-order valence-corrected chi connectivity index (χ4v) is 3.23. The van der Waals surface area contributed by atoms with Gasteiger partial charge in [0.05, 0.1) is 12.0 Å². The Morgan fingerprint density at radius 1 is 1.05 bits per heavy atom. The summed E-state index contributed by atoms with van der Waals surface area (Å²) in [5.74, 6) is 0.671. The van der Waals surface area contributed by atoms with E-state index in [4.69, 9.17) is 4.74 Å². The first-order valence-corrected chi connectivity index (χ1v) is 8.15. The number of methoxy groups -OCH3 is 1. The van der Waals surface area contributed by atoms with Gasteiger partial charge in [-0.2, -0.15) is 0 Å². The molecule has 0 bridgehead atoms. The number of hydrogen-bond donors (Lipinski definition) is 1. The van der Waals surface area contributed by atoms with E-state index < -0.39 is 16.1 Å². The largest absolute Gasteiger partial charge is 0.497 e. The van der Waals surface area contributed by atoms with E-state index in [2.05, 4.69) is 0 Å². The topological polar surface area (TPSA) is 66.8 Å². The molecule has 22 heavy (non-hydrogen) atoms. The summed E-state index contributed by atoms with van der Waals surface area (Å²) in [6.07, 6.45) is -1.03. The number of sulfonamides is 1. The van der Waals surface area contributed by atoms with Crippen molar-refractivity contribution in [1.82, 2.24) is 4.31 Å². The number of hydrogen-bond acceptors (Lipinski definition) is 4. The lowest BCUT2D eigenvalue weighted by Gasteiger charge is -2.19. The Morgan fingerprint density at radius 3 is 2.18 bits per heavy atom. The van der Waals surface area contributed by atoms with Gasteiger partial charge in [0.2, 0.25) is 10.0 Å². The molecule has 0 saturated carbocycles. The molecule has 1 N–H and O–H groups in total. The SMILES string of the molecule is COc1ccc(C(O)c2ccccc2S(=O)(=O)N(C)C)cc1. The van der Waals surface area contributed by atoms with E-state index in [9.17, 15) is 13.5 Å². The van der Waals surface area contributed by atoms with E-state index in [1.54, 1.807) is 49.6 Å². The number of ether oxygens (including phenoxy) is 1. The molecule has 0 aliphatic rings. The van der Waals surface area contributed by atoms with E-state index in [0.29, 0.717) is 16.9 Å². The zero-order valence-corrected chi connectivity index (χ0v) is 13.5. The van der Waals surface area contributed by atoms with E-state index in [-0.39, 0.29) is 4.90 Å². The quantitative estimate of drug-likeness (QED) is 0.915. The Kier molecular flexibility index (Phi) is 4.85. The minimum atomic E-state index is -3.62. The third kappa shape index (κ3) is 3.14. The van der Waals surface area contributed by atoms with Crippen LogP contribution in [0, 0.1) is 0 Å². The maximum Gasteiger partial charge on any atom is 0.242 e. The molecule has 0 fully saturated rings. The normalized spacial score (nSPS) is 13.1. The highest BCUT2D eigenvalue weighted by atomic mass is 32.2. The zero-order valence-electron chi connectivity index (χ0n) is 12.7. The first-order valence-electron chi connectivity index (χ1n) is 6.71. The van der Waals surface area contributed by atoms with Gasteiger partial charge in [0.1, 0.15) is 11.9 Å². The van der Waals surface area contributed by atoms with Crippen molar-refractivity contribution in [2.75, 3.05) is 21.2 Å². The van der Waals surface area contributed by atoms with Crippen molar-refractivity contribution in [2.24, 2.45) is 0 Å². The van der Waals surface area contributed by atoms with Crippen molar-refractivity contribution in [1.29, 1.82) is 0 Å². The number of rotatable bonds is 5. The van der Waals surface area contributed by atoms with Crippen molar-refractivity contribution in [3.63, 3.8) is 0 Å². The van der Waals surface area contributed by atoms with Gasteiger partial charge >= 0.3 is 0 Å². The average Bonchev–Trinajstić information content (AvgIpc) is 2.54. The van der Waals surface area contributed by atoms with E-state index in [0.717, 1.165) is 4.31 Å². The molecule has 1 unspecified atom stereocenters. The second-order valence-electron chi connectivity index (χ2n) is 5.00. The highest BCUT2D eigenvalue weighted by molar-refractivity contribution is 7.89. The van der Waals surface area contributed by atoms with Gasteiger partial charge in [0.15, 0.2) is 0 Å². The number of benzene rings is 2. The molecule has 0 aliphatic carbocycles. The minimum Gasteiger partial charge on any atom is -0.497 e. The number of aliphatic hydroxyl groups is 1. The smallest absolute Gasteiger partial charge is 0.242 e. The van der Waals surface area contributed by atoms with Gasteiger partial charge in [0.25, 0.3) is 0 Å². The Morgan fingerprint density at radius 2 is 1.64 bits per heavy atom. The predicted molar refractivity (Wildman–Crippen MR) is 84.4 cm³/mol. The molecule has 2 aromatic rings. The maximum absolute atomic E-state index is 12.4. The van der Waals surface area contributed by atoms with Crippen molar-refractivity contribution in [3.8, 4) is 5.75 Å². The van der Waals surface area contributed by atoms with Crippen LogP contribution in [0.2, 0.25) is 0 Å². The summed E-state index contributed by atoms with van der Waals surface area (Å²) in [7, 11) is 0.863. The van der Waals surface area contributed by atoms with E-state index >= 15 is 0 Å². The summed E-state index contributed by atoms with van der Waals surface area (Å²) in [5.41, 5.74) is 0.948. The highest BCUT2D eigenvalue weighted by Crippen LogP contribution is 2.29. The monoisotopic (exact) mass is 321 g/mol. The molecule has 0 amide bonds. The van der Waals surface area contributed by atoms with Crippen LogP contribution in [0.3, 0.4) is 0 Å². The molecule has 0 heterocycles. The first kappa shape index (κ1) is 16.5. The molecular weight excluding hydrogens is 302 g/mol. The molecule has 0 radical (unpaired) electrons. The predicted octanol–water partition coefficient (Wildman–Crippen LogP) is 2.03. The Bertz CT molecular complexity index is 739. The van der Waals surface area contributed by atoms with Gasteiger partial charge in [-0.3, -0.25) is 0 Å². The third-order valence-corrected chi connectivity index (χ3v) is 5.29. The minimum absolute atomic E-state index is 0.100. The third-order valence-electron chi connectivity index (χ3n) is 3.40. The second-order valence-corrected chi connectivity index (χ2v) is 7.12. The molecule has 1 atom stereocenters. The van der Waals surface area contributed by atoms with Crippen LogP contribution >= 0.6 is 0 Å². The molecule has 6 heteroatoms. The van der Waals surface area contributed by atoms with Crippen LogP contribution in [0.25, 0.3) is 0 Å². The fourth-order valence-electron chi connectivity index (χ4n) is 2.10. The standard InChI is InChI=1S/C16H19NO4S/c1-17(2)22(19,20)15-7-5-4-6-14(15)16(18)12-8-10-13(21-3)11-9-12/h4-11,16,18H,1-3H3. The van der Waals surface area contributed by atoms with Gasteiger partial charge < -0.3 is 9.84 Å². The summed E-state index contributed by atoms with van der Waals surface area (Å²) in [6.45, 7) is 0. The van der Waals surface area contributed by atoms with E-state index in [1.165, 1.54) is 20.2 Å². The lowest BCUT2D eigenvalue weighted by molar-refractivity contribution is 0.216. The van der Waals surface area contributed by atoms with Gasteiger partial charge in [0, 0.05) is 19.7 Å². The zero-order chi connectivity index (χ0) is 16.3. The van der Waals surface area contributed by atoms with Crippen molar-refractivity contribution >= 4 is 10.0 Å². The van der Waals surface area contributed by atoms with Crippen molar-refractivity contribution < 1.29 is 18.3 Å². The average molecular weight is 321 g/mol.